The minimum atomic E-state index is 0.0440. The van der Waals surface area contributed by atoms with Gasteiger partial charge in [-0.2, -0.15) is 0 Å². The fourth-order valence-electron chi connectivity index (χ4n) is 2.33. The van der Waals surface area contributed by atoms with Gasteiger partial charge in [0.15, 0.2) is 0 Å². The maximum absolute atomic E-state index is 5.74. The lowest BCUT2D eigenvalue weighted by atomic mass is 9.97. The molecule has 4 heteroatoms. The van der Waals surface area contributed by atoms with E-state index in [1.54, 1.807) is 7.11 Å². The van der Waals surface area contributed by atoms with Crippen molar-refractivity contribution in [1.29, 1.82) is 0 Å². The summed E-state index contributed by atoms with van der Waals surface area (Å²) in [6.07, 6.45) is 0.774. The topological polar surface area (TPSA) is 47.3 Å². The average molecular weight is 335 g/mol. The van der Waals surface area contributed by atoms with Gasteiger partial charge in [0.2, 0.25) is 0 Å². The lowest BCUT2D eigenvalue weighted by Crippen LogP contribution is -2.29. The van der Waals surface area contributed by atoms with Crippen LogP contribution in [0, 0.1) is 6.92 Å². The average Bonchev–Trinajstić information content (AvgIpc) is 2.44. The van der Waals surface area contributed by atoms with Crippen LogP contribution in [-0.2, 0) is 6.42 Å². The molecule has 3 N–H and O–H groups in total. The van der Waals surface area contributed by atoms with Gasteiger partial charge in [0.1, 0.15) is 5.75 Å². The minimum absolute atomic E-state index is 0.0440. The highest BCUT2D eigenvalue weighted by Gasteiger charge is 2.14. The Morgan fingerprint density at radius 2 is 2.00 bits per heavy atom. The fourth-order valence-corrected chi connectivity index (χ4v) is 2.96. The van der Waals surface area contributed by atoms with Gasteiger partial charge in [-0.05, 0) is 48.2 Å². The number of aryl methyl sites for hydroxylation is 1. The third-order valence-corrected chi connectivity index (χ3v) is 3.74. The van der Waals surface area contributed by atoms with Crippen molar-refractivity contribution in [3.63, 3.8) is 0 Å². The number of benzene rings is 2. The predicted molar refractivity (Wildman–Crippen MR) is 85.6 cm³/mol. The molecule has 0 aliphatic rings. The molecule has 106 valence electrons. The van der Waals surface area contributed by atoms with Crippen LogP contribution in [0.1, 0.15) is 22.7 Å². The largest absolute Gasteiger partial charge is 0.496 e. The van der Waals surface area contributed by atoms with Crippen LogP contribution in [0.25, 0.3) is 0 Å². The molecule has 0 spiro atoms. The normalized spacial score (nSPS) is 12.2. The summed E-state index contributed by atoms with van der Waals surface area (Å²) in [6, 6.07) is 14.4. The van der Waals surface area contributed by atoms with Gasteiger partial charge in [0, 0.05) is 4.47 Å². The number of hydrazine groups is 1. The van der Waals surface area contributed by atoms with E-state index in [0.717, 1.165) is 27.8 Å². The number of halogens is 1. The van der Waals surface area contributed by atoms with Gasteiger partial charge in [0.25, 0.3) is 0 Å². The highest BCUT2D eigenvalue weighted by Crippen LogP contribution is 2.26. The summed E-state index contributed by atoms with van der Waals surface area (Å²) >= 11 is 3.53. The molecule has 0 aromatic heterocycles. The van der Waals surface area contributed by atoms with E-state index in [2.05, 4.69) is 52.5 Å². The molecule has 0 bridgehead atoms. The summed E-state index contributed by atoms with van der Waals surface area (Å²) in [4.78, 5) is 0. The van der Waals surface area contributed by atoms with Gasteiger partial charge in [0.05, 0.1) is 13.2 Å². The van der Waals surface area contributed by atoms with Crippen molar-refractivity contribution < 1.29 is 4.74 Å². The number of nitrogens with two attached hydrogens (primary N) is 1. The van der Waals surface area contributed by atoms with Gasteiger partial charge in [-0.25, -0.2) is 0 Å². The van der Waals surface area contributed by atoms with Crippen LogP contribution in [0.2, 0.25) is 0 Å². The van der Waals surface area contributed by atoms with E-state index >= 15 is 0 Å². The van der Waals surface area contributed by atoms with Crippen molar-refractivity contribution in [2.75, 3.05) is 7.11 Å². The zero-order valence-corrected chi connectivity index (χ0v) is 13.3. The molecule has 20 heavy (non-hydrogen) atoms. The van der Waals surface area contributed by atoms with Crippen LogP contribution in [-0.4, -0.2) is 7.11 Å². The molecule has 0 saturated carbocycles. The van der Waals surface area contributed by atoms with Gasteiger partial charge in [-0.15, -0.1) is 0 Å². The zero-order chi connectivity index (χ0) is 14.5. The van der Waals surface area contributed by atoms with Crippen molar-refractivity contribution in [3.8, 4) is 5.75 Å². The maximum Gasteiger partial charge on any atom is 0.122 e. The van der Waals surface area contributed by atoms with Crippen molar-refractivity contribution in [3.05, 3.63) is 63.6 Å². The van der Waals surface area contributed by atoms with Crippen molar-refractivity contribution in [1.82, 2.24) is 5.43 Å². The lowest BCUT2D eigenvalue weighted by Gasteiger charge is -2.19. The molecule has 0 aliphatic carbocycles. The number of methoxy groups -OCH3 is 1. The zero-order valence-electron chi connectivity index (χ0n) is 11.7. The van der Waals surface area contributed by atoms with E-state index in [4.69, 9.17) is 10.6 Å². The van der Waals surface area contributed by atoms with Crippen molar-refractivity contribution in [2.24, 2.45) is 5.84 Å². The van der Waals surface area contributed by atoms with Crippen LogP contribution in [0.15, 0.2) is 46.9 Å². The monoisotopic (exact) mass is 334 g/mol. The second-order valence-corrected chi connectivity index (χ2v) is 5.71. The Morgan fingerprint density at radius 1 is 1.25 bits per heavy atom. The molecule has 2 aromatic rings. The molecule has 0 amide bonds. The highest BCUT2D eigenvalue weighted by atomic mass is 79.9. The third-order valence-electron chi connectivity index (χ3n) is 3.28. The second-order valence-electron chi connectivity index (χ2n) is 4.80. The van der Waals surface area contributed by atoms with E-state index < -0.39 is 0 Å². The summed E-state index contributed by atoms with van der Waals surface area (Å²) < 4.78 is 6.46. The molecular weight excluding hydrogens is 316 g/mol. The summed E-state index contributed by atoms with van der Waals surface area (Å²) in [5, 5.41) is 0. The molecule has 0 saturated heterocycles. The van der Waals surface area contributed by atoms with Crippen molar-refractivity contribution >= 4 is 15.9 Å². The Morgan fingerprint density at radius 3 is 2.65 bits per heavy atom. The molecular formula is C16H19BrN2O. The quantitative estimate of drug-likeness (QED) is 0.649. The molecule has 0 aliphatic heterocycles. The number of hydrogen-bond acceptors (Lipinski definition) is 3. The van der Waals surface area contributed by atoms with Gasteiger partial charge in [-0.3, -0.25) is 11.3 Å². The number of rotatable bonds is 5. The van der Waals surface area contributed by atoms with E-state index in [1.165, 1.54) is 5.56 Å². The van der Waals surface area contributed by atoms with Crippen LogP contribution in [0.4, 0.5) is 0 Å². The smallest absolute Gasteiger partial charge is 0.122 e. The molecule has 0 fully saturated rings. The minimum Gasteiger partial charge on any atom is -0.496 e. The van der Waals surface area contributed by atoms with E-state index in [0.29, 0.717) is 0 Å². The number of hydrogen-bond donors (Lipinski definition) is 2. The lowest BCUT2D eigenvalue weighted by molar-refractivity contribution is 0.405. The van der Waals surface area contributed by atoms with E-state index in [9.17, 15) is 0 Å². The van der Waals surface area contributed by atoms with Gasteiger partial charge >= 0.3 is 0 Å². The van der Waals surface area contributed by atoms with Gasteiger partial charge in [-0.1, -0.05) is 40.2 Å². The summed E-state index contributed by atoms with van der Waals surface area (Å²) in [5.74, 6) is 6.63. The SMILES string of the molecule is COc1ccccc1CC(NN)c1cc(C)cc(Br)c1. The summed E-state index contributed by atoms with van der Waals surface area (Å²) in [7, 11) is 1.69. The highest BCUT2D eigenvalue weighted by molar-refractivity contribution is 9.10. The molecule has 0 heterocycles. The number of nitrogens with one attached hydrogen (secondary N) is 1. The second kappa shape index (κ2) is 6.88. The van der Waals surface area contributed by atoms with E-state index in [-0.39, 0.29) is 6.04 Å². The van der Waals surface area contributed by atoms with E-state index in [1.807, 2.05) is 18.2 Å². The van der Waals surface area contributed by atoms with Crippen LogP contribution >= 0.6 is 15.9 Å². The van der Waals surface area contributed by atoms with Crippen LogP contribution in [0.5, 0.6) is 5.75 Å². The standard InChI is InChI=1S/C16H19BrN2O/c1-11-7-13(9-14(17)8-11)15(19-18)10-12-5-3-4-6-16(12)20-2/h3-9,15,19H,10,18H2,1-2H3. The van der Waals surface area contributed by atoms with Crippen molar-refractivity contribution in [2.45, 2.75) is 19.4 Å². The molecule has 3 nitrogen and oxygen atoms in total. The fraction of sp³-hybridized carbons (Fsp3) is 0.250. The first kappa shape index (κ1) is 15.0. The Hall–Kier alpha value is -1.36. The Kier molecular flexibility index (Phi) is 5.17. The van der Waals surface area contributed by atoms with Crippen LogP contribution in [0.3, 0.4) is 0 Å². The van der Waals surface area contributed by atoms with Crippen LogP contribution < -0.4 is 16.0 Å². The summed E-state index contributed by atoms with van der Waals surface area (Å²) in [6.45, 7) is 2.07. The molecule has 1 atom stereocenters. The number of ether oxygens (including phenoxy) is 1. The molecule has 1 unspecified atom stereocenters. The van der Waals surface area contributed by atoms with Gasteiger partial charge < -0.3 is 4.74 Å². The Labute approximate surface area is 128 Å². The Balaban J connectivity index is 2.28. The number of para-hydroxylation sites is 1. The first-order chi connectivity index (χ1) is 9.63. The maximum atomic E-state index is 5.74. The first-order valence-electron chi connectivity index (χ1n) is 6.49. The predicted octanol–water partition coefficient (Wildman–Crippen LogP) is 3.51. The molecule has 2 rings (SSSR count). The summed E-state index contributed by atoms with van der Waals surface area (Å²) in [5.41, 5.74) is 6.39. The molecule has 2 aromatic carbocycles. The molecule has 0 radical (unpaired) electrons. The Bertz CT molecular complexity index is 566. The first-order valence-corrected chi connectivity index (χ1v) is 7.28. The third kappa shape index (κ3) is 3.60.